The standard InChI is InChI=1S/C15H19NO.CH4/c1-3-14-11(2)10-15(17-14)16-9-8-12-6-4-5-7-13(12)16;/h4-9,11,14-15H,3,10H2,1-2H3;1H4/t11?,14-,15-;/m1./s1. The predicted molar refractivity (Wildman–Crippen MR) is 76.7 cm³/mol. The molecule has 0 radical (unpaired) electrons. The molecule has 1 aliphatic rings. The van der Waals surface area contributed by atoms with E-state index in [0.29, 0.717) is 12.0 Å². The summed E-state index contributed by atoms with van der Waals surface area (Å²) in [6, 6.07) is 10.7. The van der Waals surface area contributed by atoms with Crippen LogP contribution in [0.2, 0.25) is 0 Å². The van der Waals surface area contributed by atoms with Crippen molar-refractivity contribution in [2.24, 2.45) is 5.92 Å². The maximum absolute atomic E-state index is 6.14. The van der Waals surface area contributed by atoms with E-state index in [1.165, 1.54) is 10.9 Å². The lowest BCUT2D eigenvalue weighted by molar-refractivity contribution is -0.00248. The van der Waals surface area contributed by atoms with Crippen LogP contribution in [0, 0.1) is 5.92 Å². The molecule has 2 heterocycles. The topological polar surface area (TPSA) is 14.2 Å². The Morgan fingerprint density at radius 1 is 1.28 bits per heavy atom. The van der Waals surface area contributed by atoms with E-state index in [9.17, 15) is 0 Å². The minimum Gasteiger partial charge on any atom is -0.355 e. The monoisotopic (exact) mass is 245 g/mol. The van der Waals surface area contributed by atoms with Crippen molar-refractivity contribution in [3.05, 3.63) is 36.5 Å². The fourth-order valence-corrected chi connectivity index (χ4v) is 2.89. The van der Waals surface area contributed by atoms with Gasteiger partial charge in [0.05, 0.1) is 11.6 Å². The van der Waals surface area contributed by atoms with E-state index in [1.54, 1.807) is 0 Å². The van der Waals surface area contributed by atoms with Crippen molar-refractivity contribution < 1.29 is 4.74 Å². The number of hydrogen-bond acceptors (Lipinski definition) is 1. The van der Waals surface area contributed by atoms with Crippen molar-refractivity contribution in [1.29, 1.82) is 0 Å². The Kier molecular flexibility index (Phi) is 3.76. The van der Waals surface area contributed by atoms with Gasteiger partial charge in [0.15, 0.2) is 0 Å². The number of rotatable bonds is 2. The zero-order valence-electron chi connectivity index (χ0n) is 10.5. The zero-order valence-corrected chi connectivity index (χ0v) is 10.5. The quantitative estimate of drug-likeness (QED) is 0.753. The Labute approximate surface area is 110 Å². The van der Waals surface area contributed by atoms with Crippen molar-refractivity contribution >= 4 is 10.9 Å². The summed E-state index contributed by atoms with van der Waals surface area (Å²) < 4.78 is 8.42. The lowest BCUT2D eigenvalue weighted by Gasteiger charge is -2.15. The summed E-state index contributed by atoms with van der Waals surface area (Å²) in [5.41, 5.74) is 1.28. The highest BCUT2D eigenvalue weighted by molar-refractivity contribution is 5.80. The molecule has 1 unspecified atom stereocenters. The molecule has 2 nitrogen and oxygen atoms in total. The predicted octanol–water partition coefficient (Wildman–Crippen LogP) is 4.61. The van der Waals surface area contributed by atoms with E-state index in [2.05, 4.69) is 54.9 Å². The molecule has 1 aromatic carbocycles. The molecule has 0 aliphatic carbocycles. The lowest BCUT2D eigenvalue weighted by atomic mass is 10.0. The van der Waals surface area contributed by atoms with Crippen molar-refractivity contribution in [2.75, 3.05) is 0 Å². The van der Waals surface area contributed by atoms with Crippen LogP contribution in [0.3, 0.4) is 0 Å². The summed E-state index contributed by atoms with van der Waals surface area (Å²) in [6.07, 6.45) is 5.02. The van der Waals surface area contributed by atoms with Gasteiger partial charge in [0.1, 0.15) is 6.23 Å². The van der Waals surface area contributed by atoms with Crippen LogP contribution in [-0.2, 0) is 4.74 Å². The lowest BCUT2D eigenvalue weighted by Crippen LogP contribution is -2.12. The molecule has 0 amide bonds. The van der Waals surface area contributed by atoms with E-state index in [4.69, 9.17) is 4.74 Å². The molecule has 1 aromatic heterocycles. The fourth-order valence-electron chi connectivity index (χ4n) is 2.89. The van der Waals surface area contributed by atoms with E-state index in [-0.39, 0.29) is 13.7 Å². The second kappa shape index (κ2) is 5.15. The van der Waals surface area contributed by atoms with E-state index >= 15 is 0 Å². The highest BCUT2D eigenvalue weighted by Crippen LogP contribution is 2.36. The maximum Gasteiger partial charge on any atom is 0.134 e. The Bertz CT molecular complexity index is 517. The number of ether oxygens (including phenoxy) is 1. The smallest absolute Gasteiger partial charge is 0.134 e. The van der Waals surface area contributed by atoms with E-state index in [1.807, 2.05) is 0 Å². The minimum atomic E-state index is 0. The first-order valence-corrected chi connectivity index (χ1v) is 6.50. The van der Waals surface area contributed by atoms with E-state index in [0.717, 1.165) is 12.8 Å². The molecule has 18 heavy (non-hydrogen) atoms. The average Bonchev–Trinajstić information content (AvgIpc) is 2.92. The molecule has 3 rings (SSSR count). The van der Waals surface area contributed by atoms with Crippen molar-refractivity contribution in [3.8, 4) is 0 Å². The van der Waals surface area contributed by atoms with Crippen LogP contribution >= 0.6 is 0 Å². The highest BCUT2D eigenvalue weighted by Gasteiger charge is 2.32. The Morgan fingerprint density at radius 2 is 2.06 bits per heavy atom. The normalized spacial score (nSPS) is 27.3. The molecule has 2 aromatic rings. The second-order valence-corrected chi connectivity index (χ2v) is 5.03. The van der Waals surface area contributed by atoms with Crippen molar-refractivity contribution in [1.82, 2.24) is 4.57 Å². The molecule has 98 valence electrons. The van der Waals surface area contributed by atoms with Gasteiger partial charge in [-0.2, -0.15) is 0 Å². The molecule has 3 atom stereocenters. The molecule has 0 saturated carbocycles. The van der Waals surface area contributed by atoms with Crippen LogP contribution in [0.25, 0.3) is 10.9 Å². The molecule has 1 aliphatic heterocycles. The van der Waals surface area contributed by atoms with E-state index < -0.39 is 0 Å². The first-order chi connectivity index (χ1) is 8.29. The van der Waals surface area contributed by atoms with Crippen LogP contribution < -0.4 is 0 Å². The molecule has 2 heteroatoms. The van der Waals surface area contributed by atoms with Gasteiger partial charge in [0.2, 0.25) is 0 Å². The largest absolute Gasteiger partial charge is 0.355 e. The highest BCUT2D eigenvalue weighted by atomic mass is 16.5. The Balaban J connectivity index is 0.00000120. The minimum absolute atomic E-state index is 0. The van der Waals surface area contributed by atoms with Crippen LogP contribution in [0.4, 0.5) is 0 Å². The summed E-state index contributed by atoms with van der Waals surface area (Å²) in [4.78, 5) is 0. The second-order valence-electron chi connectivity index (χ2n) is 5.03. The van der Waals surface area contributed by atoms with Crippen molar-refractivity contribution in [3.63, 3.8) is 0 Å². The summed E-state index contributed by atoms with van der Waals surface area (Å²) >= 11 is 0. The van der Waals surface area contributed by atoms with Gasteiger partial charge in [-0.1, -0.05) is 39.5 Å². The number of para-hydroxylation sites is 1. The maximum atomic E-state index is 6.14. The first kappa shape index (κ1) is 13.2. The average molecular weight is 245 g/mol. The molecular weight excluding hydrogens is 222 g/mol. The third kappa shape index (κ3) is 2.05. The number of hydrogen-bond donors (Lipinski definition) is 0. The zero-order chi connectivity index (χ0) is 11.8. The molecule has 0 N–H and O–H groups in total. The summed E-state index contributed by atoms with van der Waals surface area (Å²) in [5, 5.41) is 1.30. The molecule has 1 fully saturated rings. The fraction of sp³-hybridized carbons (Fsp3) is 0.500. The van der Waals surface area contributed by atoms with Gasteiger partial charge >= 0.3 is 0 Å². The summed E-state index contributed by atoms with van der Waals surface area (Å²) in [5.74, 6) is 0.658. The Morgan fingerprint density at radius 3 is 2.78 bits per heavy atom. The third-order valence-corrected chi connectivity index (χ3v) is 3.88. The van der Waals surface area contributed by atoms with Crippen LogP contribution in [0.15, 0.2) is 36.5 Å². The third-order valence-electron chi connectivity index (χ3n) is 3.88. The summed E-state index contributed by atoms with van der Waals surface area (Å²) in [7, 11) is 0. The number of aromatic nitrogens is 1. The van der Waals surface area contributed by atoms with Gasteiger partial charge in [-0.15, -0.1) is 0 Å². The van der Waals surface area contributed by atoms with Crippen molar-refractivity contribution in [2.45, 2.75) is 46.4 Å². The summed E-state index contributed by atoms with van der Waals surface area (Å²) in [6.45, 7) is 4.50. The molecule has 0 spiro atoms. The Hall–Kier alpha value is -1.28. The van der Waals surface area contributed by atoms with Crippen LogP contribution in [0.5, 0.6) is 0 Å². The van der Waals surface area contributed by atoms with Crippen LogP contribution in [0.1, 0.15) is 40.3 Å². The van der Waals surface area contributed by atoms with Gasteiger partial charge < -0.3 is 9.30 Å². The van der Waals surface area contributed by atoms with Gasteiger partial charge in [0.25, 0.3) is 0 Å². The van der Waals surface area contributed by atoms with Gasteiger partial charge in [-0.25, -0.2) is 0 Å². The van der Waals surface area contributed by atoms with Gasteiger partial charge in [-0.3, -0.25) is 0 Å². The molecule has 0 bridgehead atoms. The van der Waals surface area contributed by atoms with Crippen LogP contribution in [-0.4, -0.2) is 10.7 Å². The SMILES string of the molecule is C.CC[C@H]1O[C@@H](n2ccc3ccccc32)CC1C. The number of fused-ring (bicyclic) bond motifs is 1. The van der Waals surface area contributed by atoms with Gasteiger partial charge in [0, 0.05) is 6.20 Å². The molecular formula is C16H23NO. The van der Waals surface area contributed by atoms with Gasteiger partial charge in [-0.05, 0) is 36.3 Å². The molecule has 1 saturated heterocycles. The first-order valence-electron chi connectivity index (χ1n) is 6.50. The number of nitrogens with zero attached hydrogens (tertiary/aromatic N) is 1. The number of benzene rings is 1.